The van der Waals surface area contributed by atoms with Crippen LogP contribution in [-0.4, -0.2) is 28.2 Å². The zero-order chi connectivity index (χ0) is 23.3. The second-order valence-electron chi connectivity index (χ2n) is 5.90. The van der Waals surface area contributed by atoms with Crippen molar-refractivity contribution in [3.63, 3.8) is 0 Å². The van der Waals surface area contributed by atoms with E-state index in [1.165, 1.54) is 18.2 Å². The van der Waals surface area contributed by atoms with Crippen LogP contribution in [0.15, 0.2) is 18.2 Å². The van der Waals surface area contributed by atoms with E-state index in [1.807, 2.05) is 0 Å². The molecule has 0 atom stereocenters. The average Bonchev–Trinajstić information content (AvgIpc) is 2.66. The third-order valence-corrected chi connectivity index (χ3v) is 7.99. The van der Waals surface area contributed by atoms with Gasteiger partial charge in [0.1, 0.15) is 0 Å². The number of carbonyl (C=O) groups is 3. The quantitative estimate of drug-likeness (QED) is 0.145. The van der Waals surface area contributed by atoms with Crippen LogP contribution in [-0.2, 0) is 14.2 Å². The van der Waals surface area contributed by atoms with Gasteiger partial charge < -0.3 is 14.2 Å². The Morgan fingerprint density at radius 3 is 1.43 bits per heavy atom. The summed E-state index contributed by atoms with van der Waals surface area (Å²) in [5.74, 6) is -2.33. The first kappa shape index (κ1) is 28.5. The van der Waals surface area contributed by atoms with E-state index >= 15 is 0 Å². The van der Waals surface area contributed by atoms with Gasteiger partial charge in [-0.05, 0) is 114 Å². The molecule has 0 radical (unpaired) electrons. The van der Waals surface area contributed by atoms with Crippen molar-refractivity contribution in [3.05, 3.63) is 34.9 Å². The summed E-state index contributed by atoms with van der Waals surface area (Å²) in [4.78, 5) is 38.0. The predicted octanol–water partition coefficient (Wildman–Crippen LogP) is 7.72. The van der Waals surface area contributed by atoms with Gasteiger partial charge in [-0.25, -0.2) is 14.4 Å². The van der Waals surface area contributed by atoms with Gasteiger partial charge in [-0.3, -0.25) is 0 Å². The molecular formula is C18H18Br6O6. The first-order valence-electron chi connectivity index (χ1n) is 8.64. The van der Waals surface area contributed by atoms with Crippen LogP contribution in [0.5, 0.6) is 0 Å². The minimum absolute atomic E-state index is 0.0564. The average molecular weight is 810 g/mol. The Morgan fingerprint density at radius 1 is 0.667 bits per heavy atom. The molecule has 0 saturated heterocycles. The van der Waals surface area contributed by atoms with Crippen LogP contribution in [0.25, 0.3) is 0 Å². The molecule has 168 valence electrons. The molecule has 30 heavy (non-hydrogen) atoms. The maximum absolute atomic E-state index is 12.8. The van der Waals surface area contributed by atoms with Gasteiger partial charge in [0.25, 0.3) is 0 Å². The fourth-order valence-corrected chi connectivity index (χ4v) is 2.69. The second-order valence-corrected chi connectivity index (χ2v) is 16.8. The van der Waals surface area contributed by atoms with E-state index in [2.05, 4.69) is 95.6 Å². The van der Waals surface area contributed by atoms with E-state index < -0.39 is 28.2 Å². The number of carbonyl (C=O) groups excluding carboxylic acids is 3. The molecular weight excluding hydrogens is 792 g/mol. The highest BCUT2D eigenvalue weighted by Gasteiger charge is 2.33. The lowest BCUT2D eigenvalue weighted by atomic mass is 10.0. The monoisotopic (exact) mass is 804 g/mol. The van der Waals surface area contributed by atoms with E-state index in [0.29, 0.717) is 19.3 Å². The minimum atomic E-state index is -1.13. The number of alkyl halides is 6. The lowest BCUT2D eigenvalue weighted by Crippen LogP contribution is -2.26. The highest BCUT2D eigenvalue weighted by Crippen LogP contribution is 2.36. The SMILES string of the molecule is CCC(Br)(Br)OC(=O)c1ccc(C(=O)OC(Br)(Br)CC)c(C(=O)OC(Br)(Br)CC)c1. The van der Waals surface area contributed by atoms with Crippen LogP contribution < -0.4 is 0 Å². The predicted molar refractivity (Wildman–Crippen MR) is 135 cm³/mol. The van der Waals surface area contributed by atoms with Crippen molar-refractivity contribution in [1.29, 1.82) is 0 Å². The second kappa shape index (κ2) is 11.6. The maximum Gasteiger partial charge on any atom is 0.341 e. The molecule has 0 saturated carbocycles. The summed E-state index contributed by atoms with van der Waals surface area (Å²) in [5, 5.41) is 0. The number of benzene rings is 1. The molecule has 0 spiro atoms. The van der Waals surface area contributed by atoms with E-state index in [1.54, 1.807) is 20.8 Å². The molecule has 0 unspecified atom stereocenters. The van der Waals surface area contributed by atoms with Gasteiger partial charge in [-0.1, -0.05) is 20.8 Å². The number of hydrogen-bond acceptors (Lipinski definition) is 6. The molecule has 0 aliphatic heterocycles. The Morgan fingerprint density at radius 2 is 1.03 bits per heavy atom. The summed E-state index contributed by atoms with van der Waals surface area (Å²) in [6.45, 7) is 5.37. The summed E-state index contributed by atoms with van der Waals surface area (Å²) in [7, 11) is 0. The number of hydrogen-bond donors (Lipinski definition) is 0. The van der Waals surface area contributed by atoms with Crippen molar-refractivity contribution in [2.45, 2.75) is 50.3 Å². The molecule has 0 fully saturated rings. The van der Waals surface area contributed by atoms with E-state index in [0.717, 1.165) is 0 Å². The molecule has 12 heteroatoms. The lowest BCUT2D eigenvalue weighted by molar-refractivity contribution is 0.0371. The van der Waals surface area contributed by atoms with Gasteiger partial charge in [0.05, 0.1) is 16.7 Å². The van der Waals surface area contributed by atoms with Crippen molar-refractivity contribution in [2.24, 2.45) is 0 Å². The van der Waals surface area contributed by atoms with Crippen molar-refractivity contribution in [3.8, 4) is 0 Å². The Hall–Kier alpha value is 0.510. The van der Waals surface area contributed by atoms with Crippen LogP contribution in [0.2, 0.25) is 0 Å². The largest absolute Gasteiger partial charge is 0.433 e. The fourth-order valence-electron chi connectivity index (χ4n) is 1.81. The zero-order valence-corrected chi connectivity index (χ0v) is 25.6. The van der Waals surface area contributed by atoms with Crippen LogP contribution in [0.1, 0.15) is 71.1 Å². The third kappa shape index (κ3) is 8.80. The zero-order valence-electron chi connectivity index (χ0n) is 16.1. The highest BCUT2D eigenvalue weighted by atomic mass is 79.9. The molecule has 0 bridgehead atoms. The number of ether oxygens (including phenoxy) is 3. The van der Waals surface area contributed by atoms with Gasteiger partial charge >= 0.3 is 17.9 Å². The Balaban J connectivity index is 3.39. The molecule has 1 aromatic rings. The highest BCUT2D eigenvalue weighted by molar-refractivity contribution is 9.25. The van der Waals surface area contributed by atoms with Gasteiger partial charge in [0.15, 0.2) is 0 Å². The maximum atomic E-state index is 12.8. The van der Waals surface area contributed by atoms with Crippen molar-refractivity contribution >= 4 is 113 Å². The number of halogens is 6. The van der Waals surface area contributed by atoms with E-state index in [9.17, 15) is 14.4 Å². The molecule has 0 heterocycles. The van der Waals surface area contributed by atoms with Gasteiger partial charge in [-0.15, -0.1) is 0 Å². The Labute approximate surface area is 225 Å². The first-order valence-corrected chi connectivity index (χ1v) is 13.4. The van der Waals surface area contributed by atoms with Gasteiger partial charge in [0.2, 0.25) is 10.3 Å². The molecule has 0 N–H and O–H groups in total. The van der Waals surface area contributed by atoms with E-state index in [4.69, 9.17) is 14.2 Å². The molecule has 6 nitrogen and oxygen atoms in total. The molecule has 0 aliphatic rings. The molecule has 0 amide bonds. The standard InChI is InChI=1S/C18H18Br6O6/c1-4-16(19,20)28-13(25)10-7-8-11(14(26)29-17(21,22)5-2)12(9-10)15(27)30-18(23,24)6-3/h7-9H,4-6H2,1-3H3. The van der Waals surface area contributed by atoms with Crippen LogP contribution >= 0.6 is 95.6 Å². The van der Waals surface area contributed by atoms with E-state index in [-0.39, 0.29) is 16.7 Å². The summed E-state index contributed by atoms with van der Waals surface area (Å²) < 4.78 is 12.8. The van der Waals surface area contributed by atoms with Crippen LogP contribution in [0.3, 0.4) is 0 Å². The molecule has 1 rings (SSSR count). The number of rotatable bonds is 9. The van der Waals surface area contributed by atoms with Crippen LogP contribution in [0.4, 0.5) is 0 Å². The normalized spacial score (nSPS) is 12.3. The van der Waals surface area contributed by atoms with Gasteiger partial charge in [-0.2, -0.15) is 0 Å². The number of esters is 3. The molecule has 1 aromatic carbocycles. The smallest absolute Gasteiger partial charge is 0.341 e. The summed E-state index contributed by atoms with van der Waals surface area (Å²) >= 11 is 19.4. The van der Waals surface area contributed by atoms with Crippen molar-refractivity contribution < 1.29 is 28.6 Å². The molecule has 0 aromatic heterocycles. The topological polar surface area (TPSA) is 78.9 Å². The summed E-state index contributed by atoms with van der Waals surface area (Å²) in [5.41, 5.74) is -0.162. The third-order valence-electron chi connectivity index (χ3n) is 3.66. The summed E-state index contributed by atoms with van der Waals surface area (Å²) in [6.07, 6.45) is 1.26. The minimum Gasteiger partial charge on any atom is -0.433 e. The van der Waals surface area contributed by atoms with Crippen molar-refractivity contribution in [2.75, 3.05) is 0 Å². The molecule has 0 aliphatic carbocycles. The Bertz CT molecular complexity index is 808. The lowest BCUT2D eigenvalue weighted by Gasteiger charge is -2.22. The Kier molecular flexibility index (Phi) is 11.0. The van der Waals surface area contributed by atoms with Gasteiger partial charge in [0, 0.05) is 19.3 Å². The first-order chi connectivity index (χ1) is 13.7. The van der Waals surface area contributed by atoms with Crippen molar-refractivity contribution in [1.82, 2.24) is 0 Å². The fraction of sp³-hybridized carbons (Fsp3) is 0.500. The van der Waals surface area contributed by atoms with Crippen LogP contribution in [0, 0.1) is 0 Å². The summed E-state index contributed by atoms with van der Waals surface area (Å²) in [6, 6.07) is 3.91.